The van der Waals surface area contributed by atoms with E-state index < -0.39 is 28.5 Å². The molecule has 0 bridgehead atoms. The fraction of sp³-hybridized carbons (Fsp3) is 0.0455. The van der Waals surface area contributed by atoms with Gasteiger partial charge in [-0.3, -0.25) is 9.52 Å². The first-order valence-corrected chi connectivity index (χ1v) is 11.3. The van der Waals surface area contributed by atoms with Crippen molar-refractivity contribution < 1.29 is 27.9 Å². The van der Waals surface area contributed by atoms with E-state index in [1.807, 2.05) is 0 Å². The number of rotatable bonds is 9. The zero-order chi connectivity index (χ0) is 23.8. The molecular weight excluding hydrogens is 470 g/mol. The first kappa shape index (κ1) is 23.8. The van der Waals surface area contributed by atoms with Gasteiger partial charge < -0.3 is 9.84 Å². The molecule has 0 aliphatic carbocycles. The maximum Gasteiger partial charge on any atom is 0.341 e. The summed E-state index contributed by atoms with van der Waals surface area (Å²) < 4.78 is 32.3. The van der Waals surface area contributed by atoms with Crippen molar-refractivity contribution in [3.05, 3.63) is 88.9 Å². The number of amides is 1. The van der Waals surface area contributed by atoms with E-state index in [1.165, 1.54) is 54.7 Å². The Balaban J connectivity index is 1.55. The quantitative estimate of drug-likeness (QED) is 0.313. The van der Waals surface area contributed by atoms with E-state index in [9.17, 15) is 18.0 Å². The summed E-state index contributed by atoms with van der Waals surface area (Å²) in [5.41, 5.74) is 3.59. The molecule has 0 aliphatic rings. The lowest BCUT2D eigenvalue weighted by molar-refractivity contribution is -0.139. The molecule has 0 atom stereocenters. The van der Waals surface area contributed by atoms with Gasteiger partial charge in [-0.1, -0.05) is 11.6 Å². The number of carbonyl (C=O) groups excluding carboxylic acids is 1. The molecule has 1 amide bonds. The molecule has 3 aromatic carbocycles. The number of halogens is 1. The minimum Gasteiger partial charge on any atom is -0.482 e. The molecule has 0 saturated heterocycles. The number of aliphatic carboxylic acids is 1. The van der Waals surface area contributed by atoms with Crippen LogP contribution in [-0.4, -0.2) is 38.2 Å². The van der Waals surface area contributed by atoms with Crippen molar-refractivity contribution in [2.75, 3.05) is 11.3 Å². The molecule has 0 aliphatic heterocycles. The molecule has 0 unspecified atom stereocenters. The van der Waals surface area contributed by atoms with Crippen LogP contribution in [0.3, 0.4) is 0 Å². The van der Waals surface area contributed by atoms with Crippen LogP contribution in [0.1, 0.15) is 15.9 Å². The Bertz CT molecular complexity index is 1260. The Hall–Kier alpha value is -3.89. The summed E-state index contributed by atoms with van der Waals surface area (Å²) in [6.07, 6.45) is 1.41. The standard InChI is InChI=1S/C22H18ClN3O6S/c23-17-5-11-20(12-6-17)33(30,31)26-18-7-3-16(4-8-18)22(29)25-24-13-15-1-9-19(10-2-15)32-14-21(27)28/h1-13,26H,14H2,(H,25,29)(H,27,28). The van der Waals surface area contributed by atoms with Gasteiger partial charge in [0.1, 0.15) is 5.75 Å². The normalized spacial score (nSPS) is 11.2. The van der Waals surface area contributed by atoms with Crippen LogP contribution < -0.4 is 14.9 Å². The molecule has 3 aromatic rings. The lowest BCUT2D eigenvalue weighted by Crippen LogP contribution is -2.18. The van der Waals surface area contributed by atoms with Crippen molar-refractivity contribution in [3.8, 4) is 5.75 Å². The number of ether oxygens (including phenoxy) is 1. The van der Waals surface area contributed by atoms with Crippen molar-refractivity contribution in [1.29, 1.82) is 0 Å². The van der Waals surface area contributed by atoms with Crippen LogP contribution in [0.15, 0.2) is 82.8 Å². The highest BCUT2D eigenvalue weighted by Gasteiger charge is 2.14. The Morgan fingerprint density at radius 1 is 0.970 bits per heavy atom. The molecule has 3 rings (SSSR count). The number of hydrazone groups is 1. The summed E-state index contributed by atoms with van der Waals surface area (Å²) in [7, 11) is -3.79. The monoisotopic (exact) mass is 487 g/mol. The Morgan fingerprint density at radius 2 is 1.61 bits per heavy atom. The minimum absolute atomic E-state index is 0.0598. The molecule has 0 saturated carbocycles. The number of nitrogens with one attached hydrogen (secondary N) is 2. The van der Waals surface area contributed by atoms with Gasteiger partial charge in [-0.15, -0.1) is 0 Å². The highest BCUT2D eigenvalue weighted by molar-refractivity contribution is 7.92. The van der Waals surface area contributed by atoms with Gasteiger partial charge >= 0.3 is 5.97 Å². The highest BCUT2D eigenvalue weighted by Crippen LogP contribution is 2.19. The predicted octanol–water partition coefficient (Wildman–Crippen LogP) is 3.37. The van der Waals surface area contributed by atoms with Crippen LogP contribution in [0.25, 0.3) is 0 Å². The molecular formula is C22H18ClN3O6S. The third-order valence-electron chi connectivity index (χ3n) is 4.15. The van der Waals surface area contributed by atoms with Gasteiger partial charge in [-0.05, 0) is 78.4 Å². The van der Waals surface area contributed by atoms with E-state index in [4.69, 9.17) is 21.4 Å². The van der Waals surface area contributed by atoms with E-state index in [-0.39, 0.29) is 16.1 Å². The SMILES string of the molecule is O=C(O)COc1ccc(C=NNC(=O)c2ccc(NS(=O)(=O)c3ccc(Cl)cc3)cc2)cc1. The van der Waals surface area contributed by atoms with E-state index in [2.05, 4.69) is 15.2 Å². The van der Waals surface area contributed by atoms with Crippen LogP contribution in [-0.2, 0) is 14.8 Å². The molecule has 3 N–H and O–H groups in total. The van der Waals surface area contributed by atoms with E-state index in [1.54, 1.807) is 24.3 Å². The number of anilines is 1. The smallest absolute Gasteiger partial charge is 0.341 e. The van der Waals surface area contributed by atoms with Gasteiger partial charge in [0.15, 0.2) is 6.61 Å². The third-order valence-corrected chi connectivity index (χ3v) is 5.79. The fourth-order valence-corrected chi connectivity index (χ4v) is 3.73. The van der Waals surface area contributed by atoms with E-state index in [0.29, 0.717) is 16.3 Å². The number of carboxylic acid groups (broad SMARTS) is 1. The van der Waals surface area contributed by atoms with Crippen LogP contribution in [0, 0.1) is 0 Å². The van der Waals surface area contributed by atoms with Gasteiger partial charge in [0.05, 0.1) is 11.1 Å². The largest absolute Gasteiger partial charge is 0.482 e. The van der Waals surface area contributed by atoms with Crippen molar-refractivity contribution in [1.82, 2.24) is 5.43 Å². The molecule has 0 radical (unpaired) electrons. The van der Waals surface area contributed by atoms with Gasteiger partial charge in [0, 0.05) is 16.3 Å². The molecule has 9 nitrogen and oxygen atoms in total. The lowest BCUT2D eigenvalue weighted by Gasteiger charge is -2.09. The zero-order valence-electron chi connectivity index (χ0n) is 16.9. The Kier molecular flexibility index (Phi) is 7.65. The third kappa shape index (κ3) is 7.06. The zero-order valence-corrected chi connectivity index (χ0v) is 18.5. The minimum atomic E-state index is -3.79. The average molecular weight is 488 g/mol. The van der Waals surface area contributed by atoms with Crippen molar-refractivity contribution >= 4 is 45.4 Å². The number of sulfonamides is 1. The van der Waals surface area contributed by atoms with E-state index >= 15 is 0 Å². The number of carbonyl (C=O) groups is 2. The average Bonchev–Trinajstić information content (AvgIpc) is 2.79. The Labute approximate surface area is 194 Å². The number of hydrogen-bond acceptors (Lipinski definition) is 6. The van der Waals surface area contributed by atoms with E-state index in [0.717, 1.165) is 0 Å². The number of carboxylic acids is 1. The second-order valence-electron chi connectivity index (χ2n) is 6.59. The molecule has 0 spiro atoms. The Morgan fingerprint density at radius 3 is 2.21 bits per heavy atom. The van der Waals surface area contributed by atoms with Crippen molar-refractivity contribution in [2.45, 2.75) is 4.90 Å². The number of benzene rings is 3. The summed E-state index contributed by atoms with van der Waals surface area (Å²) in [5.74, 6) is -1.17. The first-order chi connectivity index (χ1) is 15.7. The lowest BCUT2D eigenvalue weighted by atomic mass is 10.2. The molecule has 0 aromatic heterocycles. The fourth-order valence-electron chi connectivity index (χ4n) is 2.54. The van der Waals surface area contributed by atoms with Crippen molar-refractivity contribution in [3.63, 3.8) is 0 Å². The number of nitrogens with zero attached hydrogens (tertiary/aromatic N) is 1. The van der Waals surface area contributed by atoms with Gasteiger partial charge in [-0.25, -0.2) is 18.6 Å². The summed E-state index contributed by atoms with van der Waals surface area (Å²) in [6.45, 7) is -0.440. The van der Waals surface area contributed by atoms with Crippen LogP contribution in [0.4, 0.5) is 5.69 Å². The van der Waals surface area contributed by atoms with Crippen LogP contribution in [0.5, 0.6) is 5.75 Å². The van der Waals surface area contributed by atoms with Crippen LogP contribution >= 0.6 is 11.6 Å². The summed E-state index contributed by atoms with van der Waals surface area (Å²) >= 11 is 5.78. The van der Waals surface area contributed by atoms with Gasteiger partial charge in [-0.2, -0.15) is 5.10 Å². The first-order valence-electron chi connectivity index (χ1n) is 9.39. The second kappa shape index (κ2) is 10.6. The van der Waals surface area contributed by atoms with Crippen molar-refractivity contribution in [2.24, 2.45) is 5.10 Å². The molecule has 33 heavy (non-hydrogen) atoms. The maximum absolute atomic E-state index is 12.4. The molecule has 11 heteroatoms. The predicted molar refractivity (Wildman–Crippen MR) is 123 cm³/mol. The summed E-state index contributed by atoms with van der Waals surface area (Å²) in [5, 5.41) is 12.9. The molecule has 0 heterocycles. The highest BCUT2D eigenvalue weighted by atomic mass is 35.5. The number of hydrogen-bond donors (Lipinski definition) is 3. The molecule has 170 valence electrons. The maximum atomic E-state index is 12.4. The van der Waals surface area contributed by atoms with Crippen LogP contribution in [0.2, 0.25) is 5.02 Å². The second-order valence-corrected chi connectivity index (χ2v) is 8.71. The topological polar surface area (TPSA) is 134 Å². The summed E-state index contributed by atoms with van der Waals surface area (Å²) in [6, 6.07) is 18.0. The van der Waals surface area contributed by atoms with Gasteiger partial charge in [0.2, 0.25) is 0 Å². The summed E-state index contributed by atoms with van der Waals surface area (Å²) in [4.78, 5) is 22.8. The van der Waals surface area contributed by atoms with Gasteiger partial charge in [0.25, 0.3) is 15.9 Å². The molecule has 0 fully saturated rings.